The molecule has 0 fully saturated rings. The molecule has 0 aromatic carbocycles. The molecule has 52 valence electrons. The third-order valence-corrected chi connectivity index (χ3v) is 1.11. The fourth-order valence-electron chi connectivity index (χ4n) is 0.606. The van der Waals surface area contributed by atoms with Crippen molar-refractivity contribution in [2.75, 3.05) is 0 Å². The Morgan fingerprint density at radius 1 is 1.90 bits per heavy atom. The molecular weight excluding hydrogens is 148 g/mol. The molecule has 0 N–H and O–H groups in total. The van der Waals surface area contributed by atoms with Gasteiger partial charge in [0.2, 0.25) is 0 Å². The first-order valence-corrected chi connectivity index (χ1v) is 3.19. The number of aryl methyl sites for hydroxylation is 1. The zero-order valence-electron chi connectivity index (χ0n) is 5.50. The van der Waals surface area contributed by atoms with Crippen LogP contribution in [0.15, 0.2) is 15.6 Å². The molecule has 0 aliphatic heterocycles. The molecule has 0 saturated heterocycles. The second-order valence-corrected chi connectivity index (χ2v) is 2.02. The van der Waals surface area contributed by atoms with Gasteiger partial charge in [0.25, 0.3) is 0 Å². The maximum absolute atomic E-state index is 4.79. The summed E-state index contributed by atoms with van der Waals surface area (Å²) in [6.07, 6.45) is 0. The lowest BCUT2D eigenvalue weighted by Gasteiger charge is -1.77. The van der Waals surface area contributed by atoms with Gasteiger partial charge in [-0.1, -0.05) is 5.16 Å². The minimum Gasteiger partial charge on any atom is -0.361 e. The van der Waals surface area contributed by atoms with Gasteiger partial charge < -0.3 is 4.52 Å². The summed E-state index contributed by atoms with van der Waals surface area (Å²) in [6.45, 7) is 2.29. The van der Waals surface area contributed by atoms with Crippen molar-refractivity contribution in [3.63, 3.8) is 0 Å². The van der Waals surface area contributed by atoms with Crippen LogP contribution in [-0.4, -0.2) is 10.3 Å². The maximum atomic E-state index is 4.79. The standard InChI is InChI=1S/C6H6N2OS/c1-5-2-6(8-9-5)3-7-4-10/h2H,3H2,1H3. The van der Waals surface area contributed by atoms with Gasteiger partial charge in [0, 0.05) is 6.07 Å². The van der Waals surface area contributed by atoms with Crippen LogP contribution in [0.4, 0.5) is 0 Å². The van der Waals surface area contributed by atoms with E-state index in [1.54, 1.807) is 0 Å². The third kappa shape index (κ3) is 1.76. The first-order chi connectivity index (χ1) is 4.83. The largest absolute Gasteiger partial charge is 0.361 e. The van der Waals surface area contributed by atoms with E-state index in [2.05, 4.69) is 27.5 Å². The van der Waals surface area contributed by atoms with Crippen molar-refractivity contribution in [2.24, 2.45) is 4.99 Å². The minimum atomic E-state index is 0.459. The van der Waals surface area contributed by atoms with Crippen LogP contribution in [0.3, 0.4) is 0 Å². The van der Waals surface area contributed by atoms with E-state index in [1.165, 1.54) is 0 Å². The van der Waals surface area contributed by atoms with Crippen LogP contribution in [0.1, 0.15) is 11.5 Å². The van der Waals surface area contributed by atoms with Gasteiger partial charge in [0.1, 0.15) is 11.5 Å². The molecule has 0 amide bonds. The number of isothiocyanates is 1. The molecule has 1 aromatic rings. The number of thiocarbonyl (C=S) groups is 1. The Morgan fingerprint density at radius 2 is 2.70 bits per heavy atom. The van der Waals surface area contributed by atoms with E-state index in [9.17, 15) is 0 Å². The highest BCUT2D eigenvalue weighted by Crippen LogP contribution is 2.01. The Bertz CT molecular complexity index is 262. The molecule has 1 aromatic heterocycles. The molecule has 0 radical (unpaired) electrons. The van der Waals surface area contributed by atoms with Crippen molar-refractivity contribution in [1.82, 2.24) is 5.16 Å². The van der Waals surface area contributed by atoms with Crippen LogP contribution in [0, 0.1) is 6.92 Å². The number of aliphatic imine (C=N–C) groups is 1. The van der Waals surface area contributed by atoms with E-state index in [-0.39, 0.29) is 0 Å². The van der Waals surface area contributed by atoms with Crippen LogP contribution >= 0.6 is 12.2 Å². The van der Waals surface area contributed by atoms with Gasteiger partial charge in [0.15, 0.2) is 0 Å². The summed E-state index contributed by atoms with van der Waals surface area (Å²) in [5, 5.41) is 5.95. The van der Waals surface area contributed by atoms with Crippen LogP contribution in [0.2, 0.25) is 0 Å². The Morgan fingerprint density at radius 3 is 3.20 bits per heavy atom. The topological polar surface area (TPSA) is 38.4 Å². The maximum Gasteiger partial charge on any atom is 0.133 e. The average molecular weight is 154 g/mol. The van der Waals surface area contributed by atoms with Crippen LogP contribution in [0.5, 0.6) is 0 Å². The van der Waals surface area contributed by atoms with E-state index in [0.717, 1.165) is 11.5 Å². The molecule has 3 nitrogen and oxygen atoms in total. The molecule has 0 bridgehead atoms. The Kier molecular flexibility index (Phi) is 2.31. The molecule has 0 spiro atoms. The smallest absolute Gasteiger partial charge is 0.133 e. The molecule has 0 atom stereocenters. The van der Waals surface area contributed by atoms with Crippen molar-refractivity contribution in [3.8, 4) is 0 Å². The fourth-order valence-corrected chi connectivity index (χ4v) is 0.670. The number of nitrogens with zero attached hydrogens (tertiary/aromatic N) is 2. The summed E-state index contributed by atoms with van der Waals surface area (Å²) in [7, 11) is 0. The fraction of sp³-hybridized carbons (Fsp3) is 0.333. The predicted molar refractivity (Wildman–Crippen MR) is 40.0 cm³/mol. The lowest BCUT2D eigenvalue weighted by molar-refractivity contribution is 0.391. The summed E-state index contributed by atoms with van der Waals surface area (Å²) in [4.78, 5) is 3.70. The Labute approximate surface area is 63.7 Å². The van der Waals surface area contributed by atoms with E-state index in [1.807, 2.05) is 13.0 Å². The molecule has 0 saturated carbocycles. The highest BCUT2D eigenvalue weighted by atomic mass is 32.1. The van der Waals surface area contributed by atoms with Crippen molar-refractivity contribution in [1.29, 1.82) is 0 Å². The molecule has 1 heterocycles. The molecule has 1 rings (SSSR count). The second-order valence-electron chi connectivity index (χ2n) is 1.84. The predicted octanol–water partition coefficient (Wildman–Crippen LogP) is 1.59. The first-order valence-electron chi connectivity index (χ1n) is 2.79. The lowest BCUT2D eigenvalue weighted by atomic mass is 10.4. The molecule has 10 heavy (non-hydrogen) atoms. The normalized spacial score (nSPS) is 8.90. The van der Waals surface area contributed by atoms with Gasteiger partial charge in [-0.25, -0.2) is 4.99 Å². The summed E-state index contributed by atoms with van der Waals surface area (Å²) in [5.74, 6) is 0.787. The third-order valence-electron chi connectivity index (χ3n) is 0.982. The molecule has 0 aliphatic rings. The number of rotatable bonds is 2. The SMILES string of the molecule is Cc1cc(CN=C=S)no1. The number of hydrogen-bond donors (Lipinski definition) is 0. The van der Waals surface area contributed by atoms with Crippen molar-refractivity contribution in [2.45, 2.75) is 13.5 Å². The van der Waals surface area contributed by atoms with E-state index in [4.69, 9.17) is 4.52 Å². The summed E-state index contributed by atoms with van der Waals surface area (Å²) >= 11 is 4.38. The molecule has 0 aliphatic carbocycles. The monoisotopic (exact) mass is 154 g/mol. The van der Waals surface area contributed by atoms with Gasteiger partial charge >= 0.3 is 0 Å². The Balaban J connectivity index is 2.66. The number of hydrogen-bond acceptors (Lipinski definition) is 4. The quantitative estimate of drug-likeness (QED) is 0.479. The molecule has 0 unspecified atom stereocenters. The average Bonchev–Trinajstić information content (AvgIpc) is 2.31. The molecule has 4 heteroatoms. The van der Waals surface area contributed by atoms with Gasteiger partial charge in [-0.2, -0.15) is 0 Å². The van der Waals surface area contributed by atoms with E-state index >= 15 is 0 Å². The highest BCUT2D eigenvalue weighted by Gasteiger charge is 1.96. The van der Waals surface area contributed by atoms with Gasteiger partial charge in [-0.3, -0.25) is 0 Å². The van der Waals surface area contributed by atoms with Crippen LogP contribution in [-0.2, 0) is 6.54 Å². The summed E-state index contributed by atoms with van der Waals surface area (Å²) in [5.41, 5.74) is 0.787. The van der Waals surface area contributed by atoms with Gasteiger partial charge in [-0.15, -0.1) is 0 Å². The molecular formula is C6H6N2OS. The van der Waals surface area contributed by atoms with Gasteiger partial charge in [0.05, 0.1) is 11.7 Å². The van der Waals surface area contributed by atoms with E-state index < -0.39 is 0 Å². The highest BCUT2D eigenvalue weighted by molar-refractivity contribution is 7.78. The van der Waals surface area contributed by atoms with Crippen LogP contribution in [0.25, 0.3) is 0 Å². The van der Waals surface area contributed by atoms with Crippen molar-refractivity contribution >= 4 is 17.4 Å². The lowest BCUT2D eigenvalue weighted by Crippen LogP contribution is -1.76. The number of aromatic nitrogens is 1. The van der Waals surface area contributed by atoms with Crippen molar-refractivity contribution < 1.29 is 4.52 Å². The summed E-state index contributed by atoms with van der Waals surface area (Å²) in [6, 6.07) is 1.82. The minimum absolute atomic E-state index is 0.459. The first kappa shape index (κ1) is 7.12. The Hall–Kier alpha value is -0.990. The second kappa shape index (κ2) is 3.25. The van der Waals surface area contributed by atoms with E-state index in [0.29, 0.717) is 6.54 Å². The van der Waals surface area contributed by atoms with Crippen molar-refractivity contribution in [3.05, 3.63) is 17.5 Å². The van der Waals surface area contributed by atoms with Gasteiger partial charge in [-0.05, 0) is 19.1 Å². The zero-order chi connectivity index (χ0) is 7.40. The zero-order valence-corrected chi connectivity index (χ0v) is 6.31. The van der Waals surface area contributed by atoms with Crippen LogP contribution < -0.4 is 0 Å². The summed E-state index contributed by atoms with van der Waals surface area (Å²) < 4.78 is 4.79.